The minimum absolute atomic E-state index is 0.118. The third-order valence-corrected chi connectivity index (χ3v) is 10.1. The number of anilines is 1. The van der Waals surface area contributed by atoms with Crippen molar-refractivity contribution in [3.63, 3.8) is 0 Å². The molecule has 0 aliphatic carbocycles. The van der Waals surface area contributed by atoms with Gasteiger partial charge in [0.1, 0.15) is 12.6 Å². The van der Waals surface area contributed by atoms with Gasteiger partial charge in [0.15, 0.2) is 11.5 Å². The van der Waals surface area contributed by atoms with Crippen LogP contribution in [-0.2, 0) is 32.6 Å². The number of amides is 2. The molecule has 0 aromatic heterocycles. The lowest BCUT2D eigenvalue weighted by Crippen LogP contribution is -2.53. The predicted octanol–water partition coefficient (Wildman–Crippen LogP) is 6.62. The summed E-state index contributed by atoms with van der Waals surface area (Å²) in [6.07, 6.45) is 0.159. The molecule has 4 aromatic carbocycles. The molecular formula is C36H39Cl2N3O6S. The van der Waals surface area contributed by atoms with Crippen LogP contribution < -0.4 is 19.1 Å². The molecule has 48 heavy (non-hydrogen) atoms. The summed E-state index contributed by atoms with van der Waals surface area (Å²) in [6.45, 7) is 3.53. The quantitative estimate of drug-likeness (QED) is 0.149. The first-order valence-corrected chi connectivity index (χ1v) is 17.5. The Hall–Kier alpha value is -4.25. The van der Waals surface area contributed by atoms with E-state index in [1.165, 1.54) is 37.3 Å². The van der Waals surface area contributed by atoms with Crippen LogP contribution in [0, 0.1) is 5.92 Å². The minimum atomic E-state index is -4.36. The van der Waals surface area contributed by atoms with Gasteiger partial charge in [0.2, 0.25) is 11.8 Å². The van der Waals surface area contributed by atoms with Crippen LogP contribution in [0.25, 0.3) is 0 Å². The molecule has 2 amide bonds. The molecule has 0 radical (unpaired) electrons. The molecule has 0 aliphatic rings. The van der Waals surface area contributed by atoms with E-state index in [0.717, 1.165) is 9.87 Å². The molecule has 254 valence electrons. The summed E-state index contributed by atoms with van der Waals surface area (Å²) in [4.78, 5) is 29.8. The Bertz CT molecular complexity index is 1790. The van der Waals surface area contributed by atoms with Gasteiger partial charge in [-0.1, -0.05) is 91.6 Å². The van der Waals surface area contributed by atoms with Crippen molar-refractivity contribution in [2.45, 2.75) is 37.8 Å². The fourth-order valence-electron chi connectivity index (χ4n) is 5.06. The molecule has 0 saturated heterocycles. The summed E-state index contributed by atoms with van der Waals surface area (Å²) >= 11 is 13.2. The van der Waals surface area contributed by atoms with Crippen LogP contribution in [0.4, 0.5) is 5.69 Å². The van der Waals surface area contributed by atoms with Gasteiger partial charge >= 0.3 is 0 Å². The fourth-order valence-corrected chi connectivity index (χ4v) is 7.00. The Kier molecular flexibility index (Phi) is 12.7. The Morgan fingerprint density at radius 2 is 1.42 bits per heavy atom. The van der Waals surface area contributed by atoms with E-state index in [4.69, 9.17) is 32.7 Å². The molecule has 0 unspecified atom stereocenters. The number of rotatable bonds is 15. The van der Waals surface area contributed by atoms with Crippen LogP contribution >= 0.6 is 23.2 Å². The van der Waals surface area contributed by atoms with Crippen molar-refractivity contribution in [3.8, 4) is 11.5 Å². The van der Waals surface area contributed by atoms with E-state index in [1.807, 2.05) is 44.2 Å². The first-order chi connectivity index (χ1) is 23.0. The highest BCUT2D eigenvalue weighted by Crippen LogP contribution is 2.33. The van der Waals surface area contributed by atoms with Gasteiger partial charge in [-0.3, -0.25) is 13.9 Å². The third-order valence-electron chi connectivity index (χ3n) is 7.61. The molecule has 0 spiro atoms. The highest BCUT2D eigenvalue weighted by molar-refractivity contribution is 7.92. The topological polar surface area (TPSA) is 105 Å². The maximum absolute atomic E-state index is 14.6. The Morgan fingerprint density at radius 1 is 0.812 bits per heavy atom. The number of hydrogen-bond donors (Lipinski definition) is 1. The van der Waals surface area contributed by atoms with Crippen molar-refractivity contribution in [1.29, 1.82) is 0 Å². The second kappa shape index (κ2) is 16.7. The maximum atomic E-state index is 14.6. The number of ether oxygens (including phenoxy) is 2. The fraction of sp³-hybridized carbons (Fsp3) is 0.278. The van der Waals surface area contributed by atoms with Crippen LogP contribution in [0.5, 0.6) is 11.5 Å². The van der Waals surface area contributed by atoms with Gasteiger partial charge in [0, 0.05) is 41.2 Å². The zero-order chi connectivity index (χ0) is 34.8. The molecule has 4 aromatic rings. The number of sulfonamides is 1. The van der Waals surface area contributed by atoms with Gasteiger partial charge in [-0.05, 0) is 47.9 Å². The van der Waals surface area contributed by atoms with E-state index in [9.17, 15) is 18.0 Å². The number of benzene rings is 4. The number of carbonyl (C=O) groups excluding carboxylic acids is 2. The molecule has 0 heterocycles. The smallest absolute Gasteiger partial charge is 0.264 e. The first kappa shape index (κ1) is 36.6. The molecule has 0 fully saturated rings. The SMILES string of the molecule is COc1ccc(S(=O)(=O)N(CC(=O)N(Cc2c(Cl)cccc2Cl)[C@H](Cc2ccccc2)C(=O)NCC(C)C)c2ccccc2)cc1OC. The van der Waals surface area contributed by atoms with Crippen molar-refractivity contribution in [2.24, 2.45) is 5.92 Å². The van der Waals surface area contributed by atoms with E-state index in [-0.39, 0.29) is 35.2 Å². The van der Waals surface area contributed by atoms with Crippen LogP contribution in [0.3, 0.4) is 0 Å². The predicted molar refractivity (Wildman–Crippen MR) is 189 cm³/mol. The largest absolute Gasteiger partial charge is 0.493 e. The summed E-state index contributed by atoms with van der Waals surface area (Å²) in [7, 11) is -1.51. The molecular weight excluding hydrogens is 673 g/mol. The van der Waals surface area contributed by atoms with Crippen molar-refractivity contribution in [2.75, 3.05) is 31.6 Å². The van der Waals surface area contributed by atoms with E-state index < -0.39 is 34.4 Å². The molecule has 0 bridgehead atoms. The van der Waals surface area contributed by atoms with Gasteiger partial charge in [0.25, 0.3) is 10.0 Å². The lowest BCUT2D eigenvalue weighted by molar-refractivity contribution is -0.140. The molecule has 0 saturated carbocycles. The van der Waals surface area contributed by atoms with E-state index >= 15 is 0 Å². The zero-order valence-corrected chi connectivity index (χ0v) is 29.6. The maximum Gasteiger partial charge on any atom is 0.264 e. The summed E-state index contributed by atoms with van der Waals surface area (Å²) < 4.78 is 40.4. The third kappa shape index (κ3) is 9.00. The van der Waals surface area contributed by atoms with E-state index in [2.05, 4.69) is 5.32 Å². The lowest BCUT2D eigenvalue weighted by atomic mass is 10.0. The Balaban J connectivity index is 1.83. The average Bonchev–Trinajstić information content (AvgIpc) is 3.09. The molecule has 0 aliphatic heterocycles. The van der Waals surface area contributed by atoms with Crippen LogP contribution in [0.1, 0.15) is 25.0 Å². The van der Waals surface area contributed by atoms with Crippen molar-refractivity contribution >= 4 is 50.7 Å². The highest BCUT2D eigenvalue weighted by atomic mass is 35.5. The van der Waals surface area contributed by atoms with Crippen LogP contribution in [0.15, 0.2) is 102 Å². The normalized spacial score (nSPS) is 11.9. The Labute approximate surface area is 292 Å². The standard InChI is InChI=1S/C36H39Cl2N3O6S/c1-25(2)22-39-36(43)32(20-26-12-7-5-8-13-26)40(23-29-30(37)16-11-17-31(29)38)35(42)24-41(27-14-9-6-10-15-27)48(44,45)28-18-19-33(46-3)34(21-28)47-4/h5-19,21,25,32H,20,22-24H2,1-4H3,(H,39,43)/t32-/m1/s1. The second-order valence-electron chi connectivity index (χ2n) is 11.4. The summed E-state index contributed by atoms with van der Waals surface area (Å²) in [5.41, 5.74) is 1.49. The van der Waals surface area contributed by atoms with Crippen LogP contribution in [-0.4, -0.2) is 58.5 Å². The number of nitrogens with zero attached hydrogens (tertiary/aromatic N) is 2. The lowest BCUT2D eigenvalue weighted by Gasteiger charge is -2.34. The number of carbonyl (C=O) groups is 2. The Morgan fingerprint density at radius 3 is 2.00 bits per heavy atom. The highest BCUT2D eigenvalue weighted by Gasteiger charge is 2.35. The van der Waals surface area contributed by atoms with Gasteiger partial charge in [-0.2, -0.15) is 0 Å². The van der Waals surface area contributed by atoms with Gasteiger partial charge in [-0.15, -0.1) is 0 Å². The molecule has 1 N–H and O–H groups in total. The summed E-state index contributed by atoms with van der Waals surface area (Å²) in [5, 5.41) is 3.57. The molecule has 1 atom stereocenters. The van der Waals surface area contributed by atoms with Gasteiger partial charge in [-0.25, -0.2) is 8.42 Å². The summed E-state index contributed by atoms with van der Waals surface area (Å²) in [5.74, 6) is -0.332. The zero-order valence-electron chi connectivity index (χ0n) is 27.2. The molecule has 9 nitrogen and oxygen atoms in total. The molecule has 4 rings (SSSR count). The number of para-hydroxylation sites is 1. The monoisotopic (exact) mass is 711 g/mol. The van der Waals surface area contributed by atoms with E-state index in [1.54, 1.807) is 48.5 Å². The molecule has 12 heteroatoms. The first-order valence-electron chi connectivity index (χ1n) is 15.3. The number of methoxy groups -OCH3 is 2. The van der Waals surface area contributed by atoms with Crippen LogP contribution in [0.2, 0.25) is 10.0 Å². The van der Waals surface area contributed by atoms with Crippen molar-refractivity contribution in [3.05, 3.63) is 118 Å². The summed E-state index contributed by atoms with van der Waals surface area (Å²) in [6, 6.07) is 25.7. The van der Waals surface area contributed by atoms with Gasteiger partial charge in [0.05, 0.1) is 24.8 Å². The van der Waals surface area contributed by atoms with Crippen molar-refractivity contribution < 1.29 is 27.5 Å². The van der Waals surface area contributed by atoms with Crippen molar-refractivity contribution in [1.82, 2.24) is 10.2 Å². The number of halogens is 2. The second-order valence-corrected chi connectivity index (χ2v) is 14.1. The minimum Gasteiger partial charge on any atom is -0.493 e. The van der Waals surface area contributed by atoms with Gasteiger partial charge < -0.3 is 19.7 Å². The van der Waals surface area contributed by atoms with E-state index in [0.29, 0.717) is 27.9 Å². The average molecular weight is 713 g/mol. The number of hydrogen-bond acceptors (Lipinski definition) is 6. The number of nitrogens with one attached hydrogen (secondary N) is 1.